The molecule has 19 heavy (non-hydrogen) atoms. The lowest BCUT2D eigenvalue weighted by Gasteiger charge is -2.23. The van der Waals surface area contributed by atoms with Crippen molar-refractivity contribution in [2.75, 3.05) is 45.8 Å². The Balaban J connectivity index is 2.23. The summed E-state index contributed by atoms with van der Waals surface area (Å²) in [5, 5.41) is 3.41. The lowest BCUT2D eigenvalue weighted by Crippen LogP contribution is -2.44. The van der Waals surface area contributed by atoms with Gasteiger partial charge in [-0.05, 0) is 25.9 Å². The number of nitrogens with one attached hydrogen (secondary N) is 1. The minimum absolute atomic E-state index is 0.115. The Morgan fingerprint density at radius 1 is 1.32 bits per heavy atom. The summed E-state index contributed by atoms with van der Waals surface area (Å²) in [6, 6.07) is 0.115. The highest BCUT2D eigenvalue weighted by Gasteiger charge is 2.20. The van der Waals surface area contributed by atoms with Gasteiger partial charge in [0.15, 0.2) is 0 Å². The van der Waals surface area contributed by atoms with Gasteiger partial charge in [-0.3, -0.25) is 4.79 Å². The molecule has 0 radical (unpaired) electrons. The second kappa shape index (κ2) is 9.28. The van der Waals surface area contributed by atoms with Crippen LogP contribution in [0, 0.1) is 0 Å². The molecule has 0 bridgehead atoms. The first-order valence-electron chi connectivity index (χ1n) is 7.64. The van der Waals surface area contributed by atoms with Crippen molar-refractivity contribution < 1.29 is 4.79 Å². The van der Waals surface area contributed by atoms with E-state index >= 15 is 0 Å². The van der Waals surface area contributed by atoms with Crippen LogP contribution in [0.3, 0.4) is 0 Å². The number of nitrogens with two attached hydrogens (primary N) is 1. The quantitative estimate of drug-likeness (QED) is 0.631. The van der Waals surface area contributed by atoms with Gasteiger partial charge in [-0.15, -0.1) is 0 Å². The number of nitrogens with zero attached hydrogens (tertiary/aromatic N) is 2. The smallest absolute Gasteiger partial charge is 0.224 e. The first-order valence-corrected chi connectivity index (χ1v) is 7.64. The van der Waals surface area contributed by atoms with Gasteiger partial charge in [0, 0.05) is 45.2 Å². The summed E-state index contributed by atoms with van der Waals surface area (Å²) in [4.78, 5) is 16.4. The molecule has 1 heterocycles. The van der Waals surface area contributed by atoms with Crippen LogP contribution >= 0.6 is 0 Å². The van der Waals surface area contributed by atoms with E-state index in [2.05, 4.69) is 24.1 Å². The van der Waals surface area contributed by atoms with Crippen molar-refractivity contribution in [3.8, 4) is 0 Å². The zero-order valence-corrected chi connectivity index (χ0v) is 12.5. The summed E-state index contributed by atoms with van der Waals surface area (Å²) in [5.74, 6) is 0.253. The topological polar surface area (TPSA) is 61.6 Å². The number of likely N-dealkylation sites (N-methyl/N-ethyl adjacent to an activating group) is 1. The average Bonchev–Trinajstić information content (AvgIpc) is 2.96. The maximum absolute atomic E-state index is 12.0. The highest BCUT2D eigenvalue weighted by atomic mass is 16.2. The minimum atomic E-state index is 0.115. The zero-order valence-electron chi connectivity index (χ0n) is 12.5. The molecule has 0 aromatic heterocycles. The molecule has 0 aromatic rings. The molecular formula is C14H30N4O. The van der Waals surface area contributed by atoms with E-state index in [-0.39, 0.29) is 11.9 Å². The van der Waals surface area contributed by atoms with Gasteiger partial charge in [-0.2, -0.15) is 0 Å². The molecular weight excluding hydrogens is 240 g/mol. The molecule has 1 unspecified atom stereocenters. The van der Waals surface area contributed by atoms with Crippen LogP contribution in [-0.2, 0) is 4.79 Å². The SMILES string of the molecule is CCN(CC)CCNC(CN)CC(=O)N1CCCC1. The van der Waals surface area contributed by atoms with Gasteiger partial charge in [0.05, 0.1) is 0 Å². The van der Waals surface area contributed by atoms with Crippen molar-refractivity contribution in [1.29, 1.82) is 0 Å². The van der Waals surface area contributed by atoms with E-state index in [9.17, 15) is 4.79 Å². The third kappa shape index (κ3) is 5.89. The first kappa shape index (κ1) is 16.4. The monoisotopic (exact) mass is 270 g/mol. The summed E-state index contributed by atoms with van der Waals surface area (Å²) in [7, 11) is 0. The summed E-state index contributed by atoms with van der Waals surface area (Å²) in [5.41, 5.74) is 5.75. The van der Waals surface area contributed by atoms with E-state index in [0.29, 0.717) is 13.0 Å². The summed E-state index contributed by atoms with van der Waals surface area (Å²) in [6.45, 7) is 10.8. The van der Waals surface area contributed by atoms with Crippen LogP contribution in [0.25, 0.3) is 0 Å². The van der Waals surface area contributed by atoms with E-state index in [1.165, 1.54) is 0 Å². The fraction of sp³-hybridized carbons (Fsp3) is 0.929. The van der Waals surface area contributed by atoms with Crippen LogP contribution in [0.1, 0.15) is 33.1 Å². The molecule has 1 fully saturated rings. The van der Waals surface area contributed by atoms with Gasteiger partial charge in [-0.25, -0.2) is 0 Å². The van der Waals surface area contributed by atoms with Crippen molar-refractivity contribution >= 4 is 5.91 Å². The molecule has 0 saturated carbocycles. The first-order chi connectivity index (χ1) is 9.21. The Labute approximate surface area is 117 Å². The normalized spacial score (nSPS) is 17.2. The lowest BCUT2D eigenvalue weighted by atomic mass is 10.2. The second-order valence-electron chi connectivity index (χ2n) is 5.21. The molecule has 1 rings (SSSR count). The molecule has 112 valence electrons. The van der Waals surface area contributed by atoms with Gasteiger partial charge in [0.2, 0.25) is 5.91 Å². The fourth-order valence-electron chi connectivity index (χ4n) is 2.51. The van der Waals surface area contributed by atoms with Crippen molar-refractivity contribution in [2.24, 2.45) is 5.73 Å². The standard InChI is InChI=1S/C14H30N4O/c1-3-17(4-2)10-7-16-13(12-15)11-14(19)18-8-5-6-9-18/h13,16H,3-12,15H2,1-2H3. The molecule has 1 amide bonds. The predicted octanol–water partition coefficient (Wildman–Crippen LogP) is 0.258. The zero-order chi connectivity index (χ0) is 14.1. The number of amides is 1. The number of hydrogen-bond acceptors (Lipinski definition) is 4. The van der Waals surface area contributed by atoms with Crippen LogP contribution < -0.4 is 11.1 Å². The van der Waals surface area contributed by atoms with Gasteiger partial charge in [-0.1, -0.05) is 13.8 Å². The fourth-order valence-corrected chi connectivity index (χ4v) is 2.51. The van der Waals surface area contributed by atoms with Crippen LogP contribution in [0.4, 0.5) is 0 Å². The molecule has 1 aliphatic rings. The van der Waals surface area contributed by atoms with E-state index in [1.54, 1.807) is 0 Å². The van der Waals surface area contributed by atoms with Crippen molar-refractivity contribution in [3.63, 3.8) is 0 Å². The Morgan fingerprint density at radius 3 is 2.47 bits per heavy atom. The third-order valence-corrected chi connectivity index (χ3v) is 3.92. The minimum Gasteiger partial charge on any atom is -0.343 e. The molecule has 1 saturated heterocycles. The third-order valence-electron chi connectivity index (χ3n) is 3.92. The number of rotatable bonds is 9. The highest BCUT2D eigenvalue weighted by Crippen LogP contribution is 2.09. The van der Waals surface area contributed by atoms with Gasteiger partial charge < -0.3 is 20.9 Å². The van der Waals surface area contributed by atoms with Crippen molar-refractivity contribution in [2.45, 2.75) is 39.2 Å². The van der Waals surface area contributed by atoms with E-state index in [1.807, 2.05) is 4.90 Å². The van der Waals surface area contributed by atoms with Crippen LogP contribution in [-0.4, -0.2) is 67.6 Å². The van der Waals surface area contributed by atoms with Crippen LogP contribution in [0.2, 0.25) is 0 Å². The maximum Gasteiger partial charge on any atom is 0.224 e. The molecule has 1 atom stereocenters. The molecule has 0 aliphatic carbocycles. The van der Waals surface area contributed by atoms with Gasteiger partial charge in [0.1, 0.15) is 0 Å². The average molecular weight is 270 g/mol. The number of carbonyl (C=O) groups is 1. The Bertz CT molecular complexity index is 250. The summed E-state index contributed by atoms with van der Waals surface area (Å²) < 4.78 is 0. The molecule has 1 aliphatic heterocycles. The van der Waals surface area contributed by atoms with Crippen LogP contribution in [0.5, 0.6) is 0 Å². The van der Waals surface area contributed by atoms with E-state index in [0.717, 1.165) is 52.1 Å². The predicted molar refractivity (Wildman–Crippen MR) is 79.1 cm³/mol. The molecule has 0 spiro atoms. The van der Waals surface area contributed by atoms with E-state index < -0.39 is 0 Å². The second-order valence-corrected chi connectivity index (χ2v) is 5.21. The summed E-state index contributed by atoms with van der Waals surface area (Å²) >= 11 is 0. The van der Waals surface area contributed by atoms with Crippen LogP contribution in [0.15, 0.2) is 0 Å². The van der Waals surface area contributed by atoms with Crippen molar-refractivity contribution in [3.05, 3.63) is 0 Å². The highest BCUT2D eigenvalue weighted by molar-refractivity contribution is 5.77. The van der Waals surface area contributed by atoms with Gasteiger partial charge >= 0.3 is 0 Å². The summed E-state index contributed by atoms with van der Waals surface area (Å²) in [6.07, 6.45) is 2.83. The largest absolute Gasteiger partial charge is 0.343 e. The molecule has 5 nitrogen and oxygen atoms in total. The molecule has 3 N–H and O–H groups in total. The molecule has 5 heteroatoms. The Kier molecular flexibility index (Phi) is 8.02. The Morgan fingerprint density at radius 2 is 1.95 bits per heavy atom. The molecule has 0 aromatic carbocycles. The number of likely N-dealkylation sites (tertiary alicyclic amines) is 1. The van der Waals surface area contributed by atoms with Crippen molar-refractivity contribution in [1.82, 2.24) is 15.1 Å². The lowest BCUT2D eigenvalue weighted by molar-refractivity contribution is -0.130. The maximum atomic E-state index is 12.0. The number of hydrogen-bond donors (Lipinski definition) is 2. The number of carbonyl (C=O) groups excluding carboxylic acids is 1. The van der Waals surface area contributed by atoms with E-state index in [4.69, 9.17) is 5.73 Å². The Hall–Kier alpha value is -0.650. The van der Waals surface area contributed by atoms with Gasteiger partial charge in [0.25, 0.3) is 0 Å².